The lowest BCUT2D eigenvalue weighted by molar-refractivity contribution is -0.127. The highest BCUT2D eigenvalue weighted by Gasteiger charge is 2.22. The van der Waals surface area contributed by atoms with E-state index in [1.165, 1.54) is 44.3 Å². The van der Waals surface area contributed by atoms with Crippen molar-refractivity contribution in [2.45, 2.75) is 19.6 Å². The molecule has 0 radical (unpaired) electrons. The predicted molar refractivity (Wildman–Crippen MR) is 100 cm³/mol. The molecule has 0 spiro atoms. The number of ether oxygens (including phenoxy) is 2. The Hall–Kier alpha value is -3.69. The molecule has 8 nitrogen and oxygen atoms in total. The van der Waals surface area contributed by atoms with Crippen LogP contribution in [0, 0.1) is 0 Å². The highest BCUT2D eigenvalue weighted by molar-refractivity contribution is 6.00. The Labute approximate surface area is 165 Å². The van der Waals surface area contributed by atoms with Gasteiger partial charge in [-0.1, -0.05) is 12.1 Å². The minimum atomic E-state index is -2.92. The topological polar surface area (TPSA) is 106 Å². The number of alkyl halides is 2. The quantitative estimate of drug-likeness (QED) is 0.610. The van der Waals surface area contributed by atoms with Crippen molar-refractivity contribution in [2.24, 2.45) is 0 Å². The first-order chi connectivity index (χ1) is 13.8. The van der Waals surface area contributed by atoms with Gasteiger partial charge in [0.05, 0.1) is 11.3 Å². The molecular weight excluding hydrogens is 388 g/mol. The number of benzene rings is 2. The van der Waals surface area contributed by atoms with Gasteiger partial charge in [-0.05, 0) is 43.3 Å². The lowest BCUT2D eigenvalue weighted by Crippen LogP contribution is -2.43. The number of para-hydroxylation sites is 1. The monoisotopic (exact) mass is 407 g/mol. The molecule has 0 bridgehead atoms. The van der Waals surface area contributed by atoms with Gasteiger partial charge in [0, 0.05) is 12.7 Å². The van der Waals surface area contributed by atoms with E-state index in [2.05, 4.69) is 15.4 Å². The molecule has 0 aliphatic carbocycles. The lowest BCUT2D eigenvalue weighted by Gasteiger charge is -2.15. The Morgan fingerprint density at radius 3 is 2.28 bits per heavy atom. The number of amides is 3. The molecule has 0 unspecified atom stereocenters. The van der Waals surface area contributed by atoms with Crippen LogP contribution in [0.3, 0.4) is 0 Å². The second kappa shape index (κ2) is 10.0. The molecule has 0 aliphatic rings. The molecule has 2 aromatic rings. The van der Waals surface area contributed by atoms with E-state index in [4.69, 9.17) is 4.74 Å². The summed E-state index contributed by atoms with van der Waals surface area (Å²) in [6, 6.07) is 11.3. The van der Waals surface area contributed by atoms with Crippen LogP contribution >= 0.6 is 0 Å². The van der Waals surface area contributed by atoms with E-state index in [9.17, 15) is 23.2 Å². The van der Waals surface area contributed by atoms with Gasteiger partial charge in [0.2, 0.25) is 0 Å². The molecule has 3 amide bonds. The standard InChI is InChI=1S/C19H19F2N3O5/c1-11(16(25)24-19(27)22-2)28-17(26)14-5-3-4-6-15(14)23-12-7-9-13(10-8-12)29-18(20)21/h3-11,18,23H,1-2H3,(H2,22,24,25,27)/t11-/m1/s1. The normalized spacial score (nSPS) is 11.3. The van der Waals surface area contributed by atoms with Gasteiger partial charge in [-0.15, -0.1) is 0 Å². The fraction of sp³-hybridized carbons (Fsp3) is 0.211. The molecule has 0 fully saturated rings. The van der Waals surface area contributed by atoms with Crippen molar-refractivity contribution in [3.8, 4) is 5.75 Å². The molecule has 2 aromatic carbocycles. The molecule has 0 aliphatic heterocycles. The van der Waals surface area contributed by atoms with Gasteiger partial charge in [0.25, 0.3) is 5.91 Å². The second-order valence-electron chi connectivity index (χ2n) is 5.69. The van der Waals surface area contributed by atoms with Crippen molar-refractivity contribution in [2.75, 3.05) is 12.4 Å². The largest absolute Gasteiger partial charge is 0.449 e. The Bertz CT molecular complexity index is 874. The van der Waals surface area contributed by atoms with E-state index in [1.54, 1.807) is 18.2 Å². The van der Waals surface area contributed by atoms with Crippen LogP contribution in [0.15, 0.2) is 48.5 Å². The van der Waals surface area contributed by atoms with Crippen LogP contribution in [0.25, 0.3) is 0 Å². The molecule has 0 heterocycles. The fourth-order valence-corrected chi connectivity index (χ4v) is 2.20. The summed E-state index contributed by atoms with van der Waals surface area (Å²) < 4.78 is 33.8. The van der Waals surface area contributed by atoms with Crippen LogP contribution in [0.5, 0.6) is 5.75 Å². The van der Waals surface area contributed by atoms with Gasteiger partial charge in [-0.25, -0.2) is 9.59 Å². The zero-order valence-electron chi connectivity index (χ0n) is 15.6. The summed E-state index contributed by atoms with van der Waals surface area (Å²) in [7, 11) is 1.34. The fourth-order valence-electron chi connectivity index (χ4n) is 2.20. The Morgan fingerprint density at radius 2 is 1.66 bits per heavy atom. The number of carbonyl (C=O) groups excluding carboxylic acids is 3. The van der Waals surface area contributed by atoms with Crippen LogP contribution in [0.2, 0.25) is 0 Å². The minimum Gasteiger partial charge on any atom is -0.449 e. The maximum absolute atomic E-state index is 12.5. The van der Waals surface area contributed by atoms with Gasteiger partial charge >= 0.3 is 18.6 Å². The molecular formula is C19H19F2N3O5. The van der Waals surface area contributed by atoms with Gasteiger partial charge in [-0.3, -0.25) is 10.1 Å². The van der Waals surface area contributed by atoms with E-state index in [-0.39, 0.29) is 11.3 Å². The highest BCUT2D eigenvalue weighted by atomic mass is 19.3. The third-order valence-corrected chi connectivity index (χ3v) is 3.62. The van der Waals surface area contributed by atoms with Crippen molar-refractivity contribution in [1.82, 2.24) is 10.6 Å². The second-order valence-corrected chi connectivity index (χ2v) is 5.69. The Kier molecular flexibility index (Phi) is 7.47. The molecule has 0 aromatic heterocycles. The van der Waals surface area contributed by atoms with Crippen LogP contribution in [0.4, 0.5) is 25.0 Å². The molecule has 10 heteroatoms. The molecule has 29 heavy (non-hydrogen) atoms. The van der Waals surface area contributed by atoms with Crippen molar-refractivity contribution < 1.29 is 32.6 Å². The summed E-state index contributed by atoms with van der Waals surface area (Å²) in [6.07, 6.45) is -1.21. The van der Waals surface area contributed by atoms with Gasteiger partial charge < -0.3 is 20.1 Å². The highest BCUT2D eigenvalue weighted by Crippen LogP contribution is 2.24. The first-order valence-electron chi connectivity index (χ1n) is 8.44. The first-order valence-corrected chi connectivity index (χ1v) is 8.44. The number of halogens is 2. The molecule has 0 saturated carbocycles. The van der Waals surface area contributed by atoms with Gasteiger partial charge in [0.1, 0.15) is 5.75 Å². The van der Waals surface area contributed by atoms with E-state index in [1.807, 2.05) is 5.32 Å². The van der Waals surface area contributed by atoms with Gasteiger partial charge in [-0.2, -0.15) is 8.78 Å². The zero-order valence-corrected chi connectivity index (χ0v) is 15.6. The smallest absolute Gasteiger partial charge is 0.387 e. The average molecular weight is 407 g/mol. The van der Waals surface area contributed by atoms with Crippen molar-refractivity contribution in [3.05, 3.63) is 54.1 Å². The summed E-state index contributed by atoms with van der Waals surface area (Å²) in [5, 5.41) is 7.20. The molecule has 1 atom stereocenters. The Balaban J connectivity index is 2.08. The maximum atomic E-state index is 12.5. The third kappa shape index (κ3) is 6.45. The maximum Gasteiger partial charge on any atom is 0.387 e. The number of hydrogen-bond donors (Lipinski definition) is 3. The van der Waals surface area contributed by atoms with E-state index in [0.717, 1.165) is 0 Å². The summed E-state index contributed by atoms with van der Waals surface area (Å²) >= 11 is 0. The lowest BCUT2D eigenvalue weighted by atomic mass is 10.1. The minimum absolute atomic E-state index is 0.00537. The molecule has 0 saturated heterocycles. The van der Waals surface area contributed by atoms with Crippen LogP contribution in [-0.4, -0.2) is 37.7 Å². The number of esters is 1. The van der Waals surface area contributed by atoms with Crippen LogP contribution in [-0.2, 0) is 9.53 Å². The number of hydrogen-bond acceptors (Lipinski definition) is 6. The zero-order chi connectivity index (χ0) is 21.4. The molecule has 154 valence electrons. The van der Waals surface area contributed by atoms with Crippen molar-refractivity contribution in [3.63, 3.8) is 0 Å². The van der Waals surface area contributed by atoms with Crippen LogP contribution < -0.4 is 20.7 Å². The summed E-state index contributed by atoms with van der Waals surface area (Å²) in [5.74, 6) is -1.57. The molecule has 3 N–H and O–H groups in total. The summed E-state index contributed by atoms with van der Waals surface area (Å²) in [6.45, 7) is -1.60. The number of rotatable bonds is 7. The van der Waals surface area contributed by atoms with Gasteiger partial charge in [0.15, 0.2) is 6.10 Å². The Morgan fingerprint density at radius 1 is 1.00 bits per heavy atom. The summed E-state index contributed by atoms with van der Waals surface area (Å²) in [5.41, 5.74) is 1.02. The average Bonchev–Trinajstić information content (AvgIpc) is 2.69. The van der Waals surface area contributed by atoms with Crippen molar-refractivity contribution >= 4 is 29.3 Å². The van der Waals surface area contributed by atoms with E-state index < -0.39 is 30.6 Å². The molecule has 2 rings (SSSR count). The number of anilines is 2. The number of urea groups is 1. The first kappa shape index (κ1) is 21.6. The number of imide groups is 1. The van der Waals surface area contributed by atoms with Crippen LogP contribution in [0.1, 0.15) is 17.3 Å². The number of carbonyl (C=O) groups is 3. The predicted octanol–water partition coefficient (Wildman–Crippen LogP) is 3.03. The van der Waals surface area contributed by atoms with Crippen molar-refractivity contribution in [1.29, 1.82) is 0 Å². The van der Waals surface area contributed by atoms with E-state index >= 15 is 0 Å². The SMILES string of the molecule is CNC(=O)NC(=O)[C@@H](C)OC(=O)c1ccccc1Nc1ccc(OC(F)F)cc1. The number of nitrogens with one attached hydrogen (secondary N) is 3. The third-order valence-electron chi connectivity index (χ3n) is 3.62. The van der Waals surface area contributed by atoms with E-state index in [0.29, 0.717) is 11.4 Å². The summed E-state index contributed by atoms with van der Waals surface area (Å²) in [4.78, 5) is 35.5.